The third-order valence-corrected chi connectivity index (χ3v) is 9.06. The lowest BCUT2D eigenvalue weighted by Crippen LogP contribution is -2.08. The summed E-state index contributed by atoms with van der Waals surface area (Å²) in [5.74, 6) is -0.259. The van der Waals surface area contributed by atoms with Crippen molar-refractivity contribution in [3.63, 3.8) is 0 Å². The summed E-state index contributed by atoms with van der Waals surface area (Å²) in [5.41, 5.74) is 5.60. The highest BCUT2D eigenvalue weighted by molar-refractivity contribution is 5.90. The molecule has 0 atom stereocenters. The monoisotopic (exact) mass is 896 g/mol. The minimum absolute atomic E-state index is 0.0690. The first-order valence-corrected chi connectivity index (χ1v) is 20.4. The standard InChI is InChI=1S/2C23H21FN6O3/c1-3-32-14-30-22(21(28-29-30)16-7-9-17(24)10-8-16)20-11-12-25-23(27-20)33-19-6-4-5-18(13-19)26-15(2)31;1-3-32-14-30-22(21(28-29-30)16-8-10-17(24)11-9-16)19-12-13-25-23(27-19)33-20-7-5-4-6-18(20)26-15(2)31/h2*4-13H,3,14H2,1-2H3,(H,26,31). The van der Waals surface area contributed by atoms with Gasteiger partial charge in [-0.25, -0.2) is 28.1 Å². The molecule has 18 nitrogen and oxygen atoms in total. The summed E-state index contributed by atoms with van der Waals surface area (Å²) >= 11 is 0. The SMILES string of the molecule is CCOCn1nnc(-c2ccc(F)cc2)c1-c1ccnc(Oc2cccc(NC(C)=O)c2)n1.CCOCn1nnc(-c2ccc(F)cc2)c1-c1ccnc(Oc2ccccc2NC(C)=O)n1. The fraction of sp³-hybridized carbons (Fsp3) is 0.174. The van der Waals surface area contributed by atoms with Crippen LogP contribution in [0, 0.1) is 11.6 Å². The molecule has 66 heavy (non-hydrogen) atoms. The summed E-state index contributed by atoms with van der Waals surface area (Å²) < 4.78 is 52.7. The summed E-state index contributed by atoms with van der Waals surface area (Å²) in [6.45, 7) is 7.90. The minimum atomic E-state index is -0.349. The number of ether oxygens (including phenoxy) is 4. The molecule has 2 N–H and O–H groups in total. The number of anilines is 2. The lowest BCUT2D eigenvalue weighted by atomic mass is 10.1. The molecular formula is C46H42F2N12O6. The molecule has 8 aromatic rings. The van der Waals surface area contributed by atoms with Gasteiger partial charge in [0.1, 0.15) is 53.6 Å². The van der Waals surface area contributed by atoms with E-state index >= 15 is 0 Å². The molecule has 0 aliphatic rings. The Labute approximate surface area is 376 Å². The molecule has 20 heteroatoms. The summed E-state index contributed by atoms with van der Waals surface area (Å²) in [5, 5.41) is 22.3. The Kier molecular flexibility index (Phi) is 15.1. The Morgan fingerprint density at radius 3 is 1.64 bits per heavy atom. The minimum Gasteiger partial charge on any atom is -0.424 e. The Balaban J connectivity index is 0.000000196. The van der Waals surface area contributed by atoms with Crippen LogP contribution < -0.4 is 20.1 Å². The molecule has 4 heterocycles. The highest BCUT2D eigenvalue weighted by Crippen LogP contribution is 2.33. The Morgan fingerprint density at radius 2 is 1.12 bits per heavy atom. The van der Waals surface area contributed by atoms with Crippen LogP contribution in [0.15, 0.2) is 122 Å². The first kappa shape index (κ1) is 45.7. The van der Waals surface area contributed by atoms with Gasteiger partial charge >= 0.3 is 12.0 Å². The molecule has 336 valence electrons. The number of carbonyl (C=O) groups excluding carboxylic acids is 2. The molecule has 0 spiro atoms. The zero-order chi connectivity index (χ0) is 46.4. The average Bonchev–Trinajstić information content (AvgIpc) is 3.94. The van der Waals surface area contributed by atoms with E-state index < -0.39 is 0 Å². The van der Waals surface area contributed by atoms with E-state index in [1.54, 1.807) is 107 Å². The van der Waals surface area contributed by atoms with E-state index in [1.165, 1.54) is 38.1 Å². The molecule has 0 unspecified atom stereocenters. The van der Waals surface area contributed by atoms with Gasteiger partial charge in [0.05, 0.1) is 17.1 Å². The van der Waals surface area contributed by atoms with Crippen LogP contribution in [0.25, 0.3) is 45.3 Å². The first-order valence-electron chi connectivity index (χ1n) is 20.4. The molecule has 4 aromatic heterocycles. The van der Waals surface area contributed by atoms with Crippen molar-refractivity contribution in [2.45, 2.75) is 41.2 Å². The van der Waals surface area contributed by atoms with Crippen molar-refractivity contribution in [3.8, 4) is 68.8 Å². The highest BCUT2D eigenvalue weighted by atomic mass is 19.1. The molecule has 8 rings (SSSR count). The van der Waals surface area contributed by atoms with Crippen LogP contribution in [0.3, 0.4) is 0 Å². The summed E-state index contributed by atoms with van der Waals surface area (Å²) in [6, 6.07) is 29.4. The van der Waals surface area contributed by atoms with Gasteiger partial charge in [-0.15, -0.1) is 10.2 Å². The van der Waals surface area contributed by atoms with Gasteiger partial charge in [0, 0.05) is 62.3 Å². The molecule has 2 amide bonds. The van der Waals surface area contributed by atoms with Gasteiger partial charge in [-0.1, -0.05) is 28.6 Å². The number of amides is 2. The van der Waals surface area contributed by atoms with Gasteiger partial charge in [0.25, 0.3) is 0 Å². The molecule has 4 aromatic carbocycles. The Bertz CT molecular complexity index is 2910. The Morgan fingerprint density at radius 1 is 0.606 bits per heavy atom. The van der Waals surface area contributed by atoms with Gasteiger partial charge < -0.3 is 29.6 Å². The zero-order valence-electron chi connectivity index (χ0n) is 36.1. The van der Waals surface area contributed by atoms with Crippen molar-refractivity contribution in [3.05, 3.63) is 133 Å². The molecule has 0 aliphatic heterocycles. The average molecular weight is 897 g/mol. The molecule has 0 aliphatic carbocycles. The largest absolute Gasteiger partial charge is 0.424 e. The van der Waals surface area contributed by atoms with E-state index in [0.717, 1.165) is 0 Å². The number of rotatable bonds is 16. The maximum atomic E-state index is 13.4. The van der Waals surface area contributed by atoms with Gasteiger partial charge in [-0.05, 0) is 98.8 Å². The quantitative estimate of drug-likeness (QED) is 0.0932. The van der Waals surface area contributed by atoms with Crippen LogP contribution in [0.4, 0.5) is 20.2 Å². The van der Waals surface area contributed by atoms with E-state index in [4.69, 9.17) is 18.9 Å². The zero-order valence-corrected chi connectivity index (χ0v) is 36.1. The van der Waals surface area contributed by atoms with Gasteiger partial charge in [-0.2, -0.15) is 9.97 Å². The molecule has 0 radical (unpaired) electrons. The third-order valence-electron chi connectivity index (χ3n) is 9.06. The smallest absolute Gasteiger partial charge is 0.322 e. The molecule has 0 fully saturated rings. The number of para-hydroxylation sites is 2. The van der Waals surface area contributed by atoms with Crippen LogP contribution in [0.2, 0.25) is 0 Å². The number of benzene rings is 4. The van der Waals surface area contributed by atoms with Gasteiger partial charge in [0.15, 0.2) is 5.75 Å². The number of nitrogens with one attached hydrogen (secondary N) is 2. The van der Waals surface area contributed by atoms with Crippen LogP contribution in [-0.4, -0.2) is 75.0 Å². The van der Waals surface area contributed by atoms with Crippen molar-refractivity contribution in [2.24, 2.45) is 0 Å². The third kappa shape index (κ3) is 11.8. The topological polar surface area (TPSA) is 208 Å². The summed E-state index contributed by atoms with van der Waals surface area (Å²) in [6.07, 6.45) is 3.10. The number of hydrogen-bond acceptors (Lipinski definition) is 14. The first-order chi connectivity index (χ1) is 32.1. The highest BCUT2D eigenvalue weighted by Gasteiger charge is 2.21. The lowest BCUT2D eigenvalue weighted by molar-refractivity contribution is -0.115. The van der Waals surface area contributed by atoms with Crippen molar-refractivity contribution in [2.75, 3.05) is 23.8 Å². The number of halogens is 2. The predicted octanol–water partition coefficient (Wildman–Crippen LogP) is 8.57. The van der Waals surface area contributed by atoms with Crippen molar-refractivity contribution < 1.29 is 37.3 Å². The molecule has 0 saturated heterocycles. The lowest BCUT2D eigenvalue weighted by Gasteiger charge is -2.11. The number of hydrogen-bond donors (Lipinski definition) is 2. The summed E-state index contributed by atoms with van der Waals surface area (Å²) in [4.78, 5) is 40.2. The van der Waals surface area contributed by atoms with E-state index in [0.29, 0.717) is 81.4 Å². The van der Waals surface area contributed by atoms with E-state index in [1.807, 2.05) is 13.8 Å². The van der Waals surface area contributed by atoms with Crippen molar-refractivity contribution in [1.29, 1.82) is 0 Å². The second-order valence-corrected chi connectivity index (χ2v) is 13.9. The summed E-state index contributed by atoms with van der Waals surface area (Å²) in [7, 11) is 0. The van der Waals surface area contributed by atoms with E-state index in [2.05, 4.69) is 51.2 Å². The normalized spacial score (nSPS) is 10.8. The Hall–Kier alpha value is -8.36. The number of nitrogens with zero attached hydrogens (tertiary/aromatic N) is 10. The van der Waals surface area contributed by atoms with Crippen LogP contribution in [0.1, 0.15) is 27.7 Å². The fourth-order valence-electron chi connectivity index (χ4n) is 6.21. The van der Waals surface area contributed by atoms with Crippen LogP contribution in [-0.2, 0) is 32.5 Å². The van der Waals surface area contributed by atoms with Gasteiger partial charge in [0.2, 0.25) is 11.8 Å². The fourth-order valence-corrected chi connectivity index (χ4v) is 6.21. The maximum Gasteiger partial charge on any atom is 0.322 e. The van der Waals surface area contributed by atoms with Crippen LogP contribution in [0.5, 0.6) is 23.5 Å². The second kappa shape index (κ2) is 21.8. The van der Waals surface area contributed by atoms with E-state index in [9.17, 15) is 18.4 Å². The number of carbonyl (C=O) groups is 2. The molecule has 0 saturated carbocycles. The maximum absolute atomic E-state index is 13.4. The number of aromatic nitrogens is 10. The molecular weight excluding hydrogens is 855 g/mol. The second-order valence-electron chi connectivity index (χ2n) is 13.9. The van der Waals surface area contributed by atoms with Crippen molar-refractivity contribution in [1.82, 2.24) is 49.9 Å². The van der Waals surface area contributed by atoms with Crippen LogP contribution >= 0.6 is 0 Å². The predicted molar refractivity (Wildman–Crippen MR) is 238 cm³/mol. The van der Waals surface area contributed by atoms with E-state index in [-0.39, 0.29) is 48.9 Å². The van der Waals surface area contributed by atoms with Gasteiger partial charge in [-0.3, -0.25) is 9.59 Å². The van der Waals surface area contributed by atoms with Crippen molar-refractivity contribution >= 4 is 23.2 Å². The molecule has 0 bridgehead atoms.